The molecule has 0 aromatic heterocycles. The Morgan fingerprint density at radius 1 is 0.941 bits per heavy atom. The van der Waals surface area contributed by atoms with Crippen molar-refractivity contribution in [3.63, 3.8) is 0 Å². The summed E-state index contributed by atoms with van der Waals surface area (Å²) in [4.78, 5) is 38.3. The maximum atomic E-state index is 13.0. The second-order valence-electron chi connectivity index (χ2n) is 8.45. The highest BCUT2D eigenvalue weighted by molar-refractivity contribution is 6.33. The second kappa shape index (κ2) is 10.5. The van der Waals surface area contributed by atoms with Crippen molar-refractivity contribution in [2.45, 2.75) is 38.3 Å². The fraction of sp³-hybridized carbons (Fsp3) is 0.222. The van der Waals surface area contributed by atoms with E-state index in [1.165, 1.54) is 0 Å². The molecule has 3 aromatic carbocycles. The molecule has 0 radical (unpaired) electrons. The van der Waals surface area contributed by atoms with E-state index in [9.17, 15) is 14.4 Å². The van der Waals surface area contributed by atoms with Crippen LogP contribution in [0.2, 0.25) is 5.02 Å². The first-order valence-corrected chi connectivity index (χ1v) is 11.6. The van der Waals surface area contributed by atoms with E-state index >= 15 is 0 Å². The van der Waals surface area contributed by atoms with E-state index < -0.39 is 6.04 Å². The maximum absolute atomic E-state index is 13.0. The molecule has 0 saturated heterocycles. The third-order valence-electron chi connectivity index (χ3n) is 5.70. The van der Waals surface area contributed by atoms with Crippen LogP contribution in [-0.4, -0.2) is 23.8 Å². The van der Waals surface area contributed by atoms with E-state index in [0.717, 1.165) is 24.0 Å². The first-order valence-electron chi connectivity index (χ1n) is 11.2. The van der Waals surface area contributed by atoms with E-state index in [1.807, 2.05) is 43.3 Å². The van der Waals surface area contributed by atoms with Crippen LogP contribution in [0.4, 0.5) is 5.69 Å². The van der Waals surface area contributed by atoms with Crippen molar-refractivity contribution in [1.29, 1.82) is 0 Å². The molecular weight excluding hydrogens is 450 g/mol. The number of anilines is 1. The van der Waals surface area contributed by atoms with Crippen LogP contribution in [0.15, 0.2) is 72.8 Å². The Balaban J connectivity index is 1.49. The number of nitrogens with one attached hydrogen (secondary N) is 3. The minimum absolute atomic E-state index is 0.0120. The molecule has 1 aliphatic carbocycles. The number of hydrogen-bond donors (Lipinski definition) is 3. The van der Waals surface area contributed by atoms with Crippen LogP contribution in [0.5, 0.6) is 0 Å². The van der Waals surface area contributed by atoms with Gasteiger partial charge in [-0.1, -0.05) is 60.1 Å². The molecule has 0 spiro atoms. The molecule has 34 heavy (non-hydrogen) atoms. The predicted octanol–water partition coefficient (Wildman–Crippen LogP) is 5.04. The highest BCUT2D eigenvalue weighted by Gasteiger charge is 2.24. The lowest BCUT2D eigenvalue weighted by atomic mass is 10.0. The van der Waals surface area contributed by atoms with Gasteiger partial charge in [-0.25, -0.2) is 0 Å². The zero-order valence-electron chi connectivity index (χ0n) is 18.8. The number of aryl methyl sites for hydroxylation is 1. The zero-order chi connectivity index (χ0) is 24.1. The van der Waals surface area contributed by atoms with E-state index in [0.29, 0.717) is 21.8 Å². The summed E-state index contributed by atoms with van der Waals surface area (Å²) >= 11 is 6.18. The Hall–Kier alpha value is -3.64. The molecule has 3 amide bonds. The number of rotatable bonds is 8. The SMILES string of the molecule is Cc1ccc(C(=O)NC2CC2)cc1NC(=O)CC(NC(=O)c1ccccc1Cl)c1ccccc1. The van der Waals surface area contributed by atoms with Gasteiger partial charge in [-0.05, 0) is 55.2 Å². The molecule has 1 saturated carbocycles. The summed E-state index contributed by atoms with van der Waals surface area (Å²) in [6.45, 7) is 1.87. The van der Waals surface area contributed by atoms with Gasteiger partial charge in [0.25, 0.3) is 11.8 Å². The number of benzene rings is 3. The molecule has 1 aliphatic rings. The van der Waals surface area contributed by atoms with E-state index in [4.69, 9.17) is 11.6 Å². The van der Waals surface area contributed by atoms with Crippen molar-refractivity contribution < 1.29 is 14.4 Å². The smallest absolute Gasteiger partial charge is 0.253 e. The summed E-state index contributed by atoms with van der Waals surface area (Å²) in [5, 5.41) is 9.13. The molecule has 1 atom stereocenters. The summed E-state index contributed by atoms with van der Waals surface area (Å²) < 4.78 is 0. The van der Waals surface area contributed by atoms with E-state index in [-0.39, 0.29) is 30.2 Å². The summed E-state index contributed by atoms with van der Waals surface area (Å²) in [7, 11) is 0. The minimum atomic E-state index is -0.563. The van der Waals surface area contributed by atoms with Crippen molar-refractivity contribution >= 4 is 35.0 Å². The topological polar surface area (TPSA) is 87.3 Å². The van der Waals surface area contributed by atoms with Crippen molar-refractivity contribution in [2.75, 3.05) is 5.32 Å². The van der Waals surface area contributed by atoms with Crippen LogP contribution in [0.1, 0.15) is 57.1 Å². The lowest BCUT2D eigenvalue weighted by Crippen LogP contribution is -2.32. The van der Waals surface area contributed by atoms with Crippen LogP contribution in [0.25, 0.3) is 0 Å². The Kier molecular flexibility index (Phi) is 7.28. The number of amides is 3. The second-order valence-corrected chi connectivity index (χ2v) is 8.85. The molecule has 0 bridgehead atoms. The van der Waals surface area contributed by atoms with Gasteiger partial charge in [0.1, 0.15) is 0 Å². The number of carbonyl (C=O) groups excluding carboxylic acids is 3. The average Bonchev–Trinajstić information content (AvgIpc) is 3.65. The molecule has 3 aromatic rings. The van der Waals surface area contributed by atoms with Gasteiger partial charge in [0, 0.05) is 17.3 Å². The molecule has 0 aliphatic heterocycles. The zero-order valence-corrected chi connectivity index (χ0v) is 19.6. The highest BCUT2D eigenvalue weighted by atomic mass is 35.5. The summed E-state index contributed by atoms with van der Waals surface area (Å²) in [5.41, 5.74) is 3.05. The van der Waals surface area contributed by atoms with Crippen LogP contribution in [-0.2, 0) is 4.79 Å². The number of hydrogen-bond acceptors (Lipinski definition) is 3. The average molecular weight is 476 g/mol. The van der Waals surface area contributed by atoms with Gasteiger partial charge >= 0.3 is 0 Å². The van der Waals surface area contributed by atoms with Gasteiger partial charge in [0.2, 0.25) is 5.91 Å². The Bertz CT molecular complexity index is 1210. The summed E-state index contributed by atoms with van der Waals surface area (Å²) in [6, 6.07) is 21.0. The normalized spacial score (nSPS) is 13.6. The predicted molar refractivity (Wildman–Crippen MR) is 133 cm³/mol. The van der Waals surface area contributed by atoms with Crippen LogP contribution < -0.4 is 16.0 Å². The van der Waals surface area contributed by atoms with Crippen LogP contribution in [0, 0.1) is 6.92 Å². The monoisotopic (exact) mass is 475 g/mol. The third kappa shape index (κ3) is 6.02. The maximum Gasteiger partial charge on any atom is 0.253 e. The molecule has 7 heteroatoms. The molecular formula is C27H26ClN3O3. The van der Waals surface area contributed by atoms with Gasteiger partial charge in [-0.3, -0.25) is 14.4 Å². The van der Waals surface area contributed by atoms with Gasteiger partial charge in [0.05, 0.1) is 23.0 Å². The minimum Gasteiger partial charge on any atom is -0.349 e. The fourth-order valence-electron chi connectivity index (χ4n) is 3.60. The summed E-state index contributed by atoms with van der Waals surface area (Å²) in [5.74, 6) is -0.787. The Morgan fingerprint density at radius 2 is 1.65 bits per heavy atom. The Labute approximate surface area is 203 Å². The van der Waals surface area contributed by atoms with Crippen molar-refractivity contribution in [3.8, 4) is 0 Å². The van der Waals surface area contributed by atoms with Crippen molar-refractivity contribution in [2.24, 2.45) is 0 Å². The van der Waals surface area contributed by atoms with Crippen molar-refractivity contribution in [3.05, 3.63) is 100 Å². The van der Waals surface area contributed by atoms with Crippen molar-refractivity contribution in [1.82, 2.24) is 10.6 Å². The lowest BCUT2D eigenvalue weighted by Gasteiger charge is -2.20. The largest absolute Gasteiger partial charge is 0.349 e. The van der Waals surface area contributed by atoms with Gasteiger partial charge in [0.15, 0.2) is 0 Å². The molecule has 6 nitrogen and oxygen atoms in total. The molecule has 1 unspecified atom stereocenters. The number of halogens is 1. The fourth-order valence-corrected chi connectivity index (χ4v) is 3.82. The molecule has 174 valence electrons. The third-order valence-corrected chi connectivity index (χ3v) is 6.03. The van der Waals surface area contributed by atoms with Crippen LogP contribution in [0.3, 0.4) is 0 Å². The quantitative estimate of drug-likeness (QED) is 0.426. The van der Waals surface area contributed by atoms with Gasteiger partial charge < -0.3 is 16.0 Å². The van der Waals surface area contributed by atoms with E-state index in [2.05, 4.69) is 16.0 Å². The standard InChI is InChI=1S/C27H26ClN3O3/c1-17-11-12-19(26(33)29-20-13-14-20)15-23(17)30-25(32)16-24(18-7-3-2-4-8-18)31-27(34)21-9-5-6-10-22(21)28/h2-12,15,20,24H,13-14,16H2,1H3,(H,29,33)(H,30,32)(H,31,34). The number of carbonyl (C=O) groups is 3. The van der Waals surface area contributed by atoms with Gasteiger partial charge in [-0.15, -0.1) is 0 Å². The van der Waals surface area contributed by atoms with Crippen LogP contribution >= 0.6 is 11.6 Å². The first kappa shape index (κ1) is 23.5. The first-order chi connectivity index (χ1) is 16.4. The molecule has 1 fully saturated rings. The Morgan fingerprint density at radius 3 is 2.35 bits per heavy atom. The van der Waals surface area contributed by atoms with E-state index in [1.54, 1.807) is 36.4 Å². The molecule has 0 heterocycles. The summed E-state index contributed by atoms with van der Waals surface area (Å²) in [6.07, 6.45) is 2.02. The lowest BCUT2D eigenvalue weighted by molar-refractivity contribution is -0.116. The highest BCUT2D eigenvalue weighted by Crippen LogP contribution is 2.24. The molecule has 4 rings (SSSR count). The molecule has 3 N–H and O–H groups in total. The van der Waals surface area contributed by atoms with Gasteiger partial charge in [-0.2, -0.15) is 0 Å².